The molecule has 88 valence electrons. The number of aromatic hydroxyl groups is 1. The molecule has 0 radical (unpaired) electrons. The summed E-state index contributed by atoms with van der Waals surface area (Å²) in [4.78, 5) is 0. The summed E-state index contributed by atoms with van der Waals surface area (Å²) in [5.41, 5.74) is 3.15. The minimum Gasteiger partial charge on any atom is -0.507 e. The fourth-order valence-corrected chi connectivity index (χ4v) is 2.35. The van der Waals surface area contributed by atoms with E-state index >= 15 is 0 Å². The summed E-state index contributed by atoms with van der Waals surface area (Å²) in [5, 5.41) is 12.4. The molecule has 0 fully saturated rings. The van der Waals surface area contributed by atoms with Crippen LogP contribution < -0.4 is 0 Å². The van der Waals surface area contributed by atoms with Gasteiger partial charge in [0.25, 0.3) is 0 Å². The monoisotopic (exact) mass is 234 g/mol. The first-order valence-corrected chi connectivity index (χ1v) is 6.04. The molecule has 0 aliphatic heterocycles. The second-order valence-corrected chi connectivity index (χ2v) is 4.50. The first-order valence-electron chi connectivity index (χ1n) is 6.04. The third kappa shape index (κ3) is 1.65. The normalized spacial score (nSPS) is 10.7. The molecule has 0 atom stereocenters. The standard InChI is InChI=1S/C17H14O/c1-12-6-2-4-8-14(12)16-11-10-13-7-3-5-9-15(13)17(16)18/h2-11,18H,1H3. The maximum atomic E-state index is 10.4. The van der Waals surface area contributed by atoms with Crippen LogP contribution in [-0.4, -0.2) is 5.11 Å². The van der Waals surface area contributed by atoms with Crippen LogP contribution in [0.5, 0.6) is 5.75 Å². The van der Waals surface area contributed by atoms with E-state index in [4.69, 9.17) is 0 Å². The molecule has 0 aromatic heterocycles. The molecular weight excluding hydrogens is 220 g/mol. The van der Waals surface area contributed by atoms with E-state index in [0.29, 0.717) is 5.75 Å². The fourth-order valence-electron chi connectivity index (χ4n) is 2.35. The summed E-state index contributed by atoms with van der Waals surface area (Å²) < 4.78 is 0. The van der Waals surface area contributed by atoms with Crippen molar-refractivity contribution >= 4 is 10.8 Å². The highest BCUT2D eigenvalue weighted by molar-refractivity contribution is 5.95. The predicted octanol–water partition coefficient (Wildman–Crippen LogP) is 4.52. The first kappa shape index (κ1) is 10.8. The largest absolute Gasteiger partial charge is 0.507 e. The molecule has 0 spiro atoms. The molecule has 0 saturated heterocycles. The first-order chi connectivity index (χ1) is 8.77. The van der Waals surface area contributed by atoms with Crippen LogP contribution in [-0.2, 0) is 0 Å². The molecule has 0 aliphatic rings. The van der Waals surface area contributed by atoms with E-state index in [1.54, 1.807) is 0 Å². The second-order valence-electron chi connectivity index (χ2n) is 4.50. The lowest BCUT2D eigenvalue weighted by molar-refractivity contribution is 0.483. The zero-order valence-electron chi connectivity index (χ0n) is 10.2. The number of benzene rings is 3. The van der Waals surface area contributed by atoms with Gasteiger partial charge in [0, 0.05) is 10.9 Å². The molecule has 3 aromatic rings. The van der Waals surface area contributed by atoms with Crippen LogP contribution in [0, 0.1) is 6.92 Å². The molecule has 0 bridgehead atoms. The van der Waals surface area contributed by atoms with Gasteiger partial charge < -0.3 is 5.11 Å². The Labute approximate surface area is 106 Å². The summed E-state index contributed by atoms with van der Waals surface area (Å²) in [6.07, 6.45) is 0. The molecule has 0 amide bonds. The number of hydrogen-bond donors (Lipinski definition) is 1. The van der Waals surface area contributed by atoms with Gasteiger partial charge in [0.05, 0.1) is 0 Å². The molecule has 3 aromatic carbocycles. The smallest absolute Gasteiger partial charge is 0.131 e. The third-order valence-corrected chi connectivity index (χ3v) is 3.34. The Hall–Kier alpha value is -2.28. The van der Waals surface area contributed by atoms with Crippen molar-refractivity contribution in [2.75, 3.05) is 0 Å². The highest BCUT2D eigenvalue weighted by Gasteiger charge is 2.09. The van der Waals surface area contributed by atoms with E-state index in [2.05, 4.69) is 19.1 Å². The lowest BCUT2D eigenvalue weighted by Gasteiger charge is -2.10. The van der Waals surface area contributed by atoms with Crippen molar-refractivity contribution in [3.05, 3.63) is 66.2 Å². The van der Waals surface area contributed by atoms with E-state index in [9.17, 15) is 5.11 Å². The SMILES string of the molecule is Cc1ccccc1-c1ccc2ccccc2c1O. The van der Waals surface area contributed by atoms with E-state index in [1.165, 1.54) is 5.56 Å². The second kappa shape index (κ2) is 4.19. The molecule has 0 heterocycles. The summed E-state index contributed by atoms with van der Waals surface area (Å²) in [5.74, 6) is 0.363. The van der Waals surface area contributed by atoms with Crippen LogP contribution in [0.25, 0.3) is 21.9 Å². The molecule has 18 heavy (non-hydrogen) atoms. The maximum absolute atomic E-state index is 10.4. The molecule has 0 aliphatic carbocycles. The van der Waals surface area contributed by atoms with E-state index < -0.39 is 0 Å². The van der Waals surface area contributed by atoms with Crippen molar-refractivity contribution in [2.24, 2.45) is 0 Å². The van der Waals surface area contributed by atoms with Gasteiger partial charge in [0.1, 0.15) is 5.75 Å². The summed E-state index contributed by atoms with van der Waals surface area (Å²) in [6, 6.07) is 20.0. The van der Waals surface area contributed by atoms with Gasteiger partial charge in [0.15, 0.2) is 0 Å². The van der Waals surface area contributed by atoms with Crippen molar-refractivity contribution in [2.45, 2.75) is 6.92 Å². The Morgan fingerprint density at radius 2 is 1.44 bits per heavy atom. The highest BCUT2D eigenvalue weighted by Crippen LogP contribution is 2.36. The third-order valence-electron chi connectivity index (χ3n) is 3.34. The fraction of sp³-hybridized carbons (Fsp3) is 0.0588. The Balaban J connectivity index is 2.31. The molecule has 1 N–H and O–H groups in total. The van der Waals surface area contributed by atoms with Crippen LogP contribution >= 0.6 is 0 Å². The van der Waals surface area contributed by atoms with Gasteiger partial charge in [0.2, 0.25) is 0 Å². The Bertz CT molecular complexity index is 714. The molecule has 1 heteroatoms. The average Bonchev–Trinajstić information content (AvgIpc) is 2.41. The van der Waals surface area contributed by atoms with Gasteiger partial charge in [-0.25, -0.2) is 0 Å². The summed E-state index contributed by atoms with van der Waals surface area (Å²) >= 11 is 0. The zero-order valence-corrected chi connectivity index (χ0v) is 10.2. The molecule has 0 unspecified atom stereocenters. The topological polar surface area (TPSA) is 20.2 Å². The maximum Gasteiger partial charge on any atom is 0.131 e. The van der Waals surface area contributed by atoms with Crippen LogP contribution in [0.4, 0.5) is 0 Å². The Morgan fingerprint density at radius 1 is 0.722 bits per heavy atom. The van der Waals surface area contributed by atoms with Crippen LogP contribution in [0.2, 0.25) is 0 Å². The van der Waals surface area contributed by atoms with E-state index in [0.717, 1.165) is 21.9 Å². The van der Waals surface area contributed by atoms with Gasteiger partial charge in [-0.05, 0) is 23.4 Å². The van der Waals surface area contributed by atoms with E-state index in [-0.39, 0.29) is 0 Å². The lowest BCUT2D eigenvalue weighted by atomic mass is 9.96. The minimum absolute atomic E-state index is 0.363. The van der Waals surface area contributed by atoms with Crippen LogP contribution in [0.3, 0.4) is 0 Å². The van der Waals surface area contributed by atoms with Gasteiger partial charge in [-0.3, -0.25) is 0 Å². The van der Waals surface area contributed by atoms with Crippen molar-refractivity contribution < 1.29 is 5.11 Å². The van der Waals surface area contributed by atoms with Crippen molar-refractivity contribution in [1.82, 2.24) is 0 Å². The highest BCUT2D eigenvalue weighted by atomic mass is 16.3. The minimum atomic E-state index is 0.363. The number of phenolic OH excluding ortho intramolecular Hbond substituents is 1. The molecule has 0 saturated carbocycles. The van der Waals surface area contributed by atoms with Crippen molar-refractivity contribution in [3.63, 3.8) is 0 Å². The molecule has 3 rings (SSSR count). The summed E-state index contributed by atoms with van der Waals surface area (Å²) in [7, 11) is 0. The van der Waals surface area contributed by atoms with Crippen molar-refractivity contribution in [1.29, 1.82) is 0 Å². The van der Waals surface area contributed by atoms with Crippen LogP contribution in [0.1, 0.15) is 5.56 Å². The van der Waals surface area contributed by atoms with Crippen LogP contribution in [0.15, 0.2) is 60.7 Å². The van der Waals surface area contributed by atoms with E-state index in [1.807, 2.05) is 48.5 Å². The molecule has 1 nitrogen and oxygen atoms in total. The van der Waals surface area contributed by atoms with Gasteiger partial charge in [-0.2, -0.15) is 0 Å². The average molecular weight is 234 g/mol. The summed E-state index contributed by atoms with van der Waals surface area (Å²) in [6.45, 7) is 2.06. The predicted molar refractivity (Wildman–Crippen MR) is 75.8 cm³/mol. The molecular formula is C17H14O. The van der Waals surface area contributed by atoms with Gasteiger partial charge in [-0.1, -0.05) is 60.7 Å². The van der Waals surface area contributed by atoms with Gasteiger partial charge in [-0.15, -0.1) is 0 Å². The number of hydrogen-bond acceptors (Lipinski definition) is 1. The zero-order chi connectivity index (χ0) is 12.5. The van der Waals surface area contributed by atoms with Gasteiger partial charge >= 0.3 is 0 Å². The Kier molecular flexibility index (Phi) is 2.52. The lowest BCUT2D eigenvalue weighted by Crippen LogP contribution is -1.84. The quantitative estimate of drug-likeness (QED) is 0.656. The number of phenols is 1. The number of fused-ring (bicyclic) bond motifs is 1. The van der Waals surface area contributed by atoms with Crippen molar-refractivity contribution in [3.8, 4) is 16.9 Å². The Morgan fingerprint density at radius 3 is 2.28 bits per heavy atom. The number of aryl methyl sites for hydroxylation is 1. The number of rotatable bonds is 1.